The number of piperidine rings is 1. The molecule has 1 atom stereocenters. The molecule has 3 heterocycles. The number of carbonyl (C=O) groups excluding carboxylic acids is 2. The minimum atomic E-state index is -0.299. The fraction of sp³-hybridized carbons (Fsp3) is 0.680. The third kappa shape index (κ3) is 3.68. The van der Waals surface area contributed by atoms with Gasteiger partial charge in [0.25, 0.3) is 5.91 Å². The molecule has 3 fully saturated rings. The summed E-state index contributed by atoms with van der Waals surface area (Å²) in [6.45, 7) is 12.6. The van der Waals surface area contributed by atoms with Crippen LogP contribution in [0.3, 0.4) is 0 Å². The maximum Gasteiger partial charge on any atom is 0.253 e. The highest BCUT2D eigenvalue weighted by Crippen LogP contribution is 2.57. The first-order chi connectivity index (χ1) is 14.9. The molecule has 6 heteroatoms. The molecule has 1 aromatic carbocycles. The van der Waals surface area contributed by atoms with Crippen molar-refractivity contribution in [2.24, 2.45) is 10.8 Å². The van der Waals surface area contributed by atoms with Crippen LogP contribution in [0.5, 0.6) is 0 Å². The summed E-state index contributed by atoms with van der Waals surface area (Å²) in [5.41, 5.74) is 2.79. The van der Waals surface area contributed by atoms with Gasteiger partial charge in [-0.3, -0.25) is 14.5 Å². The predicted molar refractivity (Wildman–Crippen MR) is 121 cm³/mol. The van der Waals surface area contributed by atoms with Gasteiger partial charge in [-0.05, 0) is 63.3 Å². The smallest absolute Gasteiger partial charge is 0.253 e. The first kappa shape index (κ1) is 22.3. The zero-order valence-electron chi connectivity index (χ0n) is 19.6. The van der Waals surface area contributed by atoms with Crippen molar-refractivity contribution in [1.82, 2.24) is 14.7 Å². The molecule has 4 rings (SSSR count). The SMILES string of the molecule is CCN1CCC2(CN(CCOC)CC23CCN(C(=O)c2ccc(C)c(C)c2)CC3)C1=O. The van der Waals surface area contributed by atoms with E-state index in [4.69, 9.17) is 4.74 Å². The Labute approximate surface area is 186 Å². The van der Waals surface area contributed by atoms with E-state index in [0.29, 0.717) is 12.5 Å². The van der Waals surface area contributed by atoms with Crippen LogP contribution in [0.4, 0.5) is 0 Å². The monoisotopic (exact) mass is 427 g/mol. The van der Waals surface area contributed by atoms with Crippen molar-refractivity contribution in [2.75, 3.05) is 59.5 Å². The Morgan fingerprint density at radius 3 is 2.42 bits per heavy atom. The largest absolute Gasteiger partial charge is 0.383 e. The number of benzene rings is 1. The van der Waals surface area contributed by atoms with Crippen LogP contribution in [-0.4, -0.2) is 86.0 Å². The zero-order chi connectivity index (χ0) is 22.2. The van der Waals surface area contributed by atoms with Gasteiger partial charge in [0, 0.05) is 63.9 Å². The number of rotatable bonds is 5. The van der Waals surface area contributed by atoms with Crippen LogP contribution >= 0.6 is 0 Å². The molecule has 0 aromatic heterocycles. The van der Waals surface area contributed by atoms with Gasteiger partial charge in [0.05, 0.1) is 12.0 Å². The summed E-state index contributed by atoms with van der Waals surface area (Å²) in [5.74, 6) is 0.457. The highest BCUT2D eigenvalue weighted by molar-refractivity contribution is 5.94. The number of aryl methyl sites for hydroxylation is 2. The van der Waals surface area contributed by atoms with Gasteiger partial charge in [0.15, 0.2) is 0 Å². The third-order valence-corrected chi connectivity index (χ3v) is 8.30. The Morgan fingerprint density at radius 1 is 1.06 bits per heavy atom. The molecular weight excluding hydrogens is 390 g/mol. The minimum absolute atomic E-state index is 0.0400. The summed E-state index contributed by atoms with van der Waals surface area (Å²) in [4.78, 5) is 33.2. The van der Waals surface area contributed by atoms with E-state index in [1.807, 2.05) is 28.0 Å². The molecule has 0 saturated carbocycles. The summed E-state index contributed by atoms with van der Waals surface area (Å²) in [7, 11) is 1.73. The Bertz CT molecular complexity index is 846. The Kier molecular flexibility index (Phi) is 6.14. The molecule has 0 aliphatic carbocycles. The fourth-order valence-corrected chi connectivity index (χ4v) is 6.17. The average molecular weight is 428 g/mol. The van der Waals surface area contributed by atoms with Crippen LogP contribution in [0, 0.1) is 24.7 Å². The van der Waals surface area contributed by atoms with E-state index >= 15 is 0 Å². The molecule has 2 amide bonds. The van der Waals surface area contributed by atoms with Crippen LogP contribution < -0.4 is 0 Å². The number of likely N-dealkylation sites (tertiary alicyclic amines) is 3. The molecule has 1 unspecified atom stereocenters. The van der Waals surface area contributed by atoms with Crippen molar-refractivity contribution in [1.29, 1.82) is 0 Å². The van der Waals surface area contributed by atoms with Crippen molar-refractivity contribution in [2.45, 2.75) is 40.0 Å². The van der Waals surface area contributed by atoms with Gasteiger partial charge in [-0.25, -0.2) is 0 Å². The lowest BCUT2D eigenvalue weighted by Crippen LogP contribution is -2.53. The van der Waals surface area contributed by atoms with Gasteiger partial charge in [-0.2, -0.15) is 0 Å². The number of amides is 2. The molecule has 3 saturated heterocycles. The van der Waals surface area contributed by atoms with E-state index in [9.17, 15) is 9.59 Å². The normalized spacial score (nSPS) is 25.9. The zero-order valence-corrected chi connectivity index (χ0v) is 19.6. The summed E-state index contributed by atoms with van der Waals surface area (Å²) in [6.07, 6.45) is 2.74. The van der Waals surface area contributed by atoms with Crippen molar-refractivity contribution in [3.05, 3.63) is 34.9 Å². The molecule has 0 radical (unpaired) electrons. The second kappa shape index (κ2) is 8.55. The van der Waals surface area contributed by atoms with Crippen LogP contribution in [0.15, 0.2) is 18.2 Å². The molecular formula is C25H37N3O3. The summed E-state index contributed by atoms with van der Waals surface area (Å²) in [6, 6.07) is 5.98. The number of carbonyl (C=O) groups is 2. The van der Waals surface area contributed by atoms with E-state index < -0.39 is 0 Å². The van der Waals surface area contributed by atoms with Gasteiger partial charge >= 0.3 is 0 Å². The number of hydrogen-bond donors (Lipinski definition) is 0. The fourth-order valence-electron chi connectivity index (χ4n) is 6.17. The molecule has 1 aromatic rings. The van der Waals surface area contributed by atoms with Gasteiger partial charge in [-0.1, -0.05) is 6.07 Å². The standard InChI is InChI=1S/C25H37N3O3/c1-5-27-13-10-25(23(27)30)18-26(14-15-31-4)17-24(25)8-11-28(12-9-24)22(29)21-7-6-19(2)20(3)16-21/h6-7,16H,5,8-15,17-18H2,1-4H3. The topological polar surface area (TPSA) is 53.1 Å². The van der Waals surface area contributed by atoms with Crippen LogP contribution in [-0.2, 0) is 9.53 Å². The third-order valence-electron chi connectivity index (χ3n) is 8.30. The number of fused-ring (bicyclic) bond motifs is 1. The lowest BCUT2D eigenvalue weighted by molar-refractivity contribution is -0.141. The van der Waals surface area contributed by atoms with E-state index in [2.05, 4.69) is 25.7 Å². The van der Waals surface area contributed by atoms with E-state index in [1.54, 1.807) is 7.11 Å². The van der Waals surface area contributed by atoms with Crippen molar-refractivity contribution < 1.29 is 14.3 Å². The van der Waals surface area contributed by atoms with E-state index in [0.717, 1.165) is 76.2 Å². The van der Waals surface area contributed by atoms with Crippen LogP contribution in [0.1, 0.15) is 47.7 Å². The second-order valence-corrected chi connectivity index (χ2v) is 9.79. The number of nitrogens with zero attached hydrogens (tertiary/aromatic N) is 3. The maximum atomic E-state index is 13.5. The van der Waals surface area contributed by atoms with Gasteiger partial charge in [0.1, 0.15) is 0 Å². The Balaban J connectivity index is 1.53. The average Bonchev–Trinajstić information content (AvgIpc) is 3.26. The second-order valence-electron chi connectivity index (χ2n) is 9.79. The Morgan fingerprint density at radius 2 is 1.81 bits per heavy atom. The van der Waals surface area contributed by atoms with Gasteiger partial charge in [-0.15, -0.1) is 0 Å². The summed E-state index contributed by atoms with van der Waals surface area (Å²) < 4.78 is 5.33. The predicted octanol–water partition coefficient (Wildman–Crippen LogP) is 2.73. The van der Waals surface area contributed by atoms with Gasteiger partial charge < -0.3 is 14.5 Å². The first-order valence-electron chi connectivity index (χ1n) is 11.7. The highest BCUT2D eigenvalue weighted by atomic mass is 16.5. The Hall–Kier alpha value is -1.92. The molecule has 6 nitrogen and oxygen atoms in total. The van der Waals surface area contributed by atoms with Gasteiger partial charge in [0.2, 0.25) is 5.91 Å². The quantitative estimate of drug-likeness (QED) is 0.725. The molecule has 170 valence electrons. The number of hydrogen-bond acceptors (Lipinski definition) is 4. The summed E-state index contributed by atoms with van der Waals surface area (Å²) >= 11 is 0. The summed E-state index contributed by atoms with van der Waals surface area (Å²) in [5, 5.41) is 0. The highest BCUT2D eigenvalue weighted by Gasteiger charge is 2.64. The number of ether oxygens (including phenoxy) is 1. The van der Waals surface area contributed by atoms with Crippen molar-refractivity contribution >= 4 is 11.8 Å². The molecule has 0 N–H and O–H groups in total. The molecule has 0 bridgehead atoms. The van der Waals surface area contributed by atoms with E-state index in [-0.39, 0.29) is 16.7 Å². The minimum Gasteiger partial charge on any atom is -0.383 e. The molecule has 3 aliphatic rings. The van der Waals surface area contributed by atoms with Crippen molar-refractivity contribution in [3.63, 3.8) is 0 Å². The van der Waals surface area contributed by atoms with Crippen LogP contribution in [0.2, 0.25) is 0 Å². The maximum absolute atomic E-state index is 13.5. The molecule has 3 aliphatic heterocycles. The van der Waals surface area contributed by atoms with Crippen molar-refractivity contribution in [3.8, 4) is 0 Å². The molecule has 2 spiro atoms. The lowest BCUT2D eigenvalue weighted by atomic mass is 9.60. The number of methoxy groups -OCH3 is 1. The van der Waals surface area contributed by atoms with Crippen LogP contribution in [0.25, 0.3) is 0 Å². The lowest BCUT2D eigenvalue weighted by Gasteiger charge is -2.47. The first-order valence-corrected chi connectivity index (χ1v) is 11.7. The molecule has 31 heavy (non-hydrogen) atoms. The van der Waals surface area contributed by atoms with E-state index in [1.165, 1.54) is 5.56 Å².